The molecule has 24 heavy (non-hydrogen) atoms. The molecule has 0 radical (unpaired) electrons. The molecule has 0 saturated heterocycles. The minimum atomic E-state index is 0. The van der Waals surface area contributed by atoms with E-state index in [4.69, 9.17) is 0 Å². The highest BCUT2D eigenvalue weighted by atomic mass is 35.5. The van der Waals surface area contributed by atoms with Crippen molar-refractivity contribution in [2.24, 2.45) is 0 Å². The predicted molar refractivity (Wildman–Crippen MR) is 96.3 cm³/mol. The summed E-state index contributed by atoms with van der Waals surface area (Å²) in [6.45, 7) is 9.21. The predicted octanol–water partition coefficient (Wildman–Crippen LogP) is 2.59. The van der Waals surface area contributed by atoms with Gasteiger partial charge in [0.2, 0.25) is 0 Å². The first-order valence-electron chi connectivity index (χ1n) is 9.31. The molecule has 0 aliphatic heterocycles. The monoisotopic (exact) mass is 346 g/mol. The molecule has 2 aromatic rings. The van der Waals surface area contributed by atoms with Crippen molar-refractivity contribution in [3.63, 3.8) is 0 Å². The smallest absolute Gasteiger partial charge is 0.262 e. The van der Waals surface area contributed by atoms with E-state index >= 15 is 0 Å². The first kappa shape index (κ1) is 19.1. The molecule has 1 saturated carbocycles. The Bertz CT molecular complexity index is 625. The van der Waals surface area contributed by atoms with E-state index in [1.807, 2.05) is 0 Å². The molecule has 132 valence electrons. The number of imidazole rings is 1. The van der Waals surface area contributed by atoms with Crippen LogP contribution < -0.4 is 17.0 Å². The van der Waals surface area contributed by atoms with Crippen LogP contribution in [0.1, 0.15) is 94.5 Å². The minimum absolute atomic E-state index is 0. The molecule has 3 rings (SSSR count). The average Bonchev–Trinajstić information content (AvgIpc) is 3.04. The number of hydrogen-bond donors (Lipinski definition) is 1. The molecule has 0 unspecified atom stereocenters. The summed E-state index contributed by atoms with van der Waals surface area (Å²) in [5.74, 6) is 3.15. The fourth-order valence-corrected chi connectivity index (χ4v) is 4.02. The van der Waals surface area contributed by atoms with Crippen LogP contribution in [0.25, 0.3) is 5.69 Å². The molecule has 0 bridgehead atoms. The summed E-state index contributed by atoms with van der Waals surface area (Å²) in [5.41, 5.74) is 4.33. The fourth-order valence-electron chi connectivity index (χ4n) is 4.02. The Morgan fingerprint density at radius 1 is 0.958 bits per heavy atom. The van der Waals surface area contributed by atoms with Crippen molar-refractivity contribution in [3.8, 4) is 5.69 Å². The second-order valence-corrected chi connectivity index (χ2v) is 7.64. The highest BCUT2D eigenvalue weighted by molar-refractivity contribution is 5.45. The van der Waals surface area contributed by atoms with E-state index in [0.29, 0.717) is 17.8 Å². The molecule has 0 spiro atoms. The van der Waals surface area contributed by atoms with Gasteiger partial charge in [0.05, 0.1) is 5.92 Å². The molecule has 1 aliphatic carbocycles. The van der Waals surface area contributed by atoms with Crippen molar-refractivity contribution in [1.29, 1.82) is 0 Å². The summed E-state index contributed by atoms with van der Waals surface area (Å²) in [6, 6.07) is 6.83. The molecule has 1 aromatic heterocycles. The van der Waals surface area contributed by atoms with E-state index in [9.17, 15) is 0 Å². The Morgan fingerprint density at radius 3 is 2.08 bits per heavy atom. The quantitative estimate of drug-likeness (QED) is 0.821. The molecule has 1 N–H and O–H groups in total. The van der Waals surface area contributed by atoms with Gasteiger partial charge in [-0.05, 0) is 24.7 Å². The first-order chi connectivity index (χ1) is 11.1. The van der Waals surface area contributed by atoms with Crippen LogP contribution in [-0.2, 0) is 0 Å². The molecular weight excluding hydrogens is 316 g/mol. The summed E-state index contributed by atoms with van der Waals surface area (Å²) in [5, 5.41) is 0. The highest BCUT2D eigenvalue weighted by Crippen LogP contribution is 2.33. The Labute approximate surface area is 153 Å². The summed E-state index contributed by atoms with van der Waals surface area (Å²) >= 11 is 0. The number of benzene rings is 1. The summed E-state index contributed by atoms with van der Waals surface area (Å²) in [6.07, 6.45) is 11.1. The normalized spacial score (nSPS) is 15.8. The third-order valence-corrected chi connectivity index (χ3v) is 5.29. The van der Waals surface area contributed by atoms with Gasteiger partial charge in [0, 0.05) is 11.1 Å². The van der Waals surface area contributed by atoms with Crippen molar-refractivity contribution in [1.82, 2.24) is 4.98 Å². The molecule has 0 amide bonds. The lowest BCUT2D eigenvalue weighted by molar-refractivity contribution is -0.606. The van der Waals surface area contributed by atoms with Crippen LogP contribution in [0, 0.1) is 0 Å². The number of hydrogen-bond acceptors (Lipinski definition) is 0. The van der Waals surface area contributed by atoms with E-state index in [2.05, 4.69) is 67.8 Å². The molecule has 1 aromatic carbocycles. The lowest BCUT2D eigenvalue weighted by Gasteiger charge is -2.21. The zero-order chi connectivity index (χ0) is 16.4. The number of para-hydroxylation sites is 1. The zero-order valence-electron chi connectivity index (χ0n) is 15.5. The van der Waals surface area contributed by atoms with Crippen molar-refractivity contribution in [2.45, 2.75) is 77.6 Å². The molecule has 1 aliphatic rings. The van der Waals surface area contributed by atoms with Crippen LogP contribution in [0.4, 0.5) is 0 Å². The third kappa shape index (κ3) is 3.69. The van der Waals surface area contributed by atoms with Gasteiger partial charge in [-0.3, -0.25) is 0 Å². The molecule has 1 heterocycles. The second kappa shape index (κ2) is 8.20. The maximum atomic E-state index is 3.57. The Kier molecular flexibility index (Phi) is 6.51. The number of halogens is 1. The van der Waals surface area contributed by atoms with Gasteiger partial charge in [-0.25, -0.2) is 4.98 Å². The van der Waals surface area contributed by atoms with Crippen LogP contribution in [0.2, 0.25) is 0 Å². The topological polar surface area (TPSA) is 19.7 Å². The van der Waals surface area contributed by atoms with Gasteiger partial charge in [-0.15, -0.1) is 0 Å². The fraction of sp³-hybridized carbons (Fsp3) is 0.571. The van der Waals surface area contributed by atoms with Gasteiger partial charge < -0.3 is 12.4 Å². The van der Waals surface area contributed by atoms with E-state index < -0.39 is 0 Å². The van der Waals surface area contributed by atoms with E-state index in [1.165, 1.54) is 54.7 Å². The van der Waals surface area contributed by atoms with E-state index in [0.717, 1.165) is 0 Å². The molecule has 0 atom stereocenters. The minimum Gasteiger partial charge on any atom is -1.00 e. The number of aromatic nitrogens is 2. The van der Waals surface area contributed by atoms with Crippen LogP contribution >= 0.6 is 0 Å². The van der Waals surface area contributed by atoms with Crippen LogP contribution in [0.15, 0.2) is 30.6 Å². The molecular formula is C21H31ClN2. The number of nitrogens with zero attached hydrogens (tertiary/aromatic N) is 1. The molecule has 2 nitrogen and oxygen atoms in total. The lowest BCUT2D eigenvalue weighted by Crippen LogP contribution is -3.00. The van der Waals surface area contributed by atoms with Crippen molar-refractivity contribution in [3.05, 3.63) is 47.5 Å². The Morgan fingerprint density at radius 2 is 1.54 bits per heavy atom. The van der Waals surface area contributed by atoms with Gasteiger partial charge in [-0.1, -0.05) is 65.2 Å². The van der Waals surface area contributed by atoms with Crippen LogP contribution in [0.5, 0.6) is 0 Å². The highest BCUT2D eigenvalue weighted by Gasteiger charge is 2.29. The van der Waals surface area contributed by atoms with Crippen molar-refractivity contribution in [2.75, 3.05) is 0 Å². The van der Waals surface area contributed by atoms with Gasteiger partial charge in [0.15, 0.2) is 0 Å². The van der Waals surface area contributed by atoms with Gasteiger partial charge >= 0.3 is 0 Å². The Hall–Kier alpha value is -1.28. The lowest BCUT2D eigenvalue weighted by atomic mass is 9.88. The van der Waals surface area contributed by atoms with E-state index in [-0.39, 0.29) is 12.4 Å². The number of nitrogens with one attached hydrogen (secondary N) is 1. The summed E-state index contributed by atoms with van der Waals surface area (Å²) < 4.78 is 2.46. The second-order valence-electron chi connectivity index (χ2n) is 7.64. The zero-order valence-corrected chi connectivity index (χ0v) is 16.2. The summed E-state index contributed by atoms with van der Waals surface area (Å²) in [4.78, 5) is 3.57. The molecule has 1 fully saturated rings. The maximum Gasteiger partial charge on any atom is 0.262 e. The largest absolute Gasteiger partial charge is 1.00 e. The first-order valence-corrected chi connectivity index (χ1v) is 9.31. The standard InChI is InChI=1S/C21H30N2.ClH/c1-15(2)18-11-8-12-19(16(3)4)20(18)23-14-13-22-21(23)17-9-6-5-7-10-17;/h8,11-17H,5-7,9-10H2,1-4H3;1H. The van der Waals surface area contributed by atoms with Crippen LogP contribution in [-0.4, -0.2) is 4.98 Å². The third-order valence-electron chi connectivity index (χ3n) is 5.29. The van der Waals surface area contributed by atoms with Gasteiger partial charge in [0.25, 0.3) is 5.82 Å². The maximum absolute atomic E-state index is 3.57. The number of H-pyrrole nitrogens is 1. The average molecular weight is 347 g/mol. The van der Waals surface area contributed by atoms with Crippen LogP contribution in [0.3, 0.4) is 0 Å². The summed E-state index contributed by atoms with van der Waals surface area (Å²) in [7, 11) is 0. The van der Waals surface area contributed by atoms with Crippen molar-refractivity contribution < 1.29 is 17.0 Å². The van der Waals surface area contributed by atoms with Gasteiger partial charge in [0.1, 0.15) is 18.1 Å². The van der Waals surface area contributed by atoms with Crippen molar-refractivity contribution >= 4 is 0 Å². The van der Waals surface area contributed by atoms with E-state index in [1.54, 1.807) is 0 Å². The number of rotatable bonds is 4. The Balaban J connectivity index is 0.00000208. The van der Waals surface area contributed by atoms with Gasteiger partial charge in [-0.2, -0.15) is 4.57 Å². The number of aromatic amines is 1. The molecule has 3 heteroatoms. The SMILES string of the molecule is CC(C)c1cccc(C(C)C)c1-[n+]1cc[nH]c1C1CCCCC1.[Cl-].